The molecule has 3 heteroatoms. The molecule has 0 radical (unpaired) electrons. The smallest absolute Gasteiger partial charge is 0.229 e. The van der Waals surface area contributed by atoms with Crippen LogP contribution in [0.4, 0.5) is 0 Å². The SMILES string of the molecule is C[C@H](c1ccccc1)[C@]1(C(=O)N(C)C)C[C@@H]1CO. The minimum absolute atomic E-state index is 0.0940. The maximum atomic E-state index is 12.4. The van der Waals surface area contributed by atoms with Crippen molar-refractivity contribution in [1.82, 2.24) is 4.90 Å². The normalized spacial score (nSPS) is 27.7. The second-order valence-electron chi connectivity index (χ2n) is 5.46. The molecular weight excluding hydrogens is 226 g/mol. The number of rotatable bonds is 4. The molecule has 1 amide bonds. The Morgan fingerprint density at radius 3 is 2.50 bits per heavy atom. The molecule has 0 heterocycles. The van der Waals surface area contributed by atoms with E-state index in [1.165, 1.54) is 5.56 Å². The summed E-state index contributed by atoms with van der Waals surface area (Å²) in [6.07, 6.45) is 0.788. The minimum Gasteiger partial charge on any atom is -0.396 e. The second-order valence-corrected chi connectivity index (χ2v) is 5.46. The van der Waals surface area contributed by atoms with Gasteiger partial charge in [0.15, 0.2) is 0 Å². The Morgan fingerprint density at radius 1 is 1.44 bits per heavy atom. The molecule has 18 heavy (non-hydrogen) atoms. The Hall–Kier alpha value is -1.35. The van der Waals surface area contributed by atoms with Gasteiger partial charge in [0.25, 0.3) is 0 Å². The number of nitrogens with zero attached hydrogens (tertiary/aromatic N) is 1. The van der Waals surface area contributed by atoms with E-state index in [0.29, 0.717) is 0 Å². The summed E-state index contributed by atoms with van der Waals surface area (Å²) in [6, 6.07) is 10.1. The highest BCUT2D eigenvalue weighted by Gasteiger charge is 2.63. The summed E-state index contributed by atoms with van der Waals surface area (Å²) >= 11 is 0. The third kappa shape index (κ3) is 1.93. The molecule has 3 atom stereocenters. The lowest BCUT2D eigenvalue weighted by atomic mass is 9.82. The first-order valence-electron chi connectivity index (χ1n) is 6.41. The fraction of sp³-hybridized carbons (Fsp3) is 0.533. The van der Waals surface area contributed by atoms with Gasteiger partial charge in [-0.1, -0.05) is 37.3 Å². The van der Waals surface area contributed by atoms with E-state index in [1.807, 2.05) is 18.2 Å². The van der Waals surface area contributed by atoms with E-state index in [0.717, 1.165) is 6.42 Å². The number of hydrogen-bond acceptors (Lipinski definition) is 2. The average molecular weight is 247 g/mol. The standard InChI is InChI=1S/C15H21NO2/c1-11(12-7-5-4-6-8-12)15(9-13(15)10-17)14(18)16(2)3/h4-8,11,13,17H,9-10H2,1-3H3/t11-,13-,15-/m1/s1. The molecule has 0 saturated heterocycles. The molecule has 1 saturated carbocycles. The Kier molecular flexibility index (Phi) is 3.44. The van der Waals surface area contributed by atoms with Gasteiger partial charge < -0.3 is 10.0 Å². The Morgan fingerprint density at radius 2 is 2.06 bits per heavy atom. The molecule has 98 valence electrons. The van der Waals surface area contributed by atoms with Gasteiger partial charge in [0, 0.05) is 20.7 Å². The summed E-state index contributed by atoms with van der Waals surface area (Å²) in [5.74, 6) is 0.381. The van der Waals surface area contributed by atoms with Gasteiger partial charge in [-0.3, -0.25) is 4.79 Å². The fourth-order valence-corrected chi connectivity index (χ4v) is 3.01. The van der Waals surface area contributed by atoms with Gasteiger partial charge >= 0.3 is 0 Å². The van der Waals surface area contributed by atoms with Crippen molar-refractivity contribution in [3.05, 3.63) is 35.9 Å². The highest BCUT2D eigenvalue weighted by Crippen LogP contribution is 2.61. The van der Waals surface area contributed by atoms with Crippen molar-refractivity contribution < 1.29 is 9.90 Å². The Labute approximate surface area is 108 Å². The van der Waals surface area contributed by atoms with Gasteiger partial charge in [-0.15, -0.1) is 0 Å². The highest BCUT2D eigenvalue weighted by molar-refractivity contribution is 5.87. The third-order valence-corrected chi connectivity index (χ3v) is 4.25. The number of carbonyl (C=O) groups excluding carboxylic acids is 1. The summed E-state index contributed by atoms with van der Waals surface area (Å²) < 4.78 is 0. The molecule has 1 aromatic rings. The predicted octanol–water partition coefficient (Wildman–Crippen LogP) is 1.88. The van der Waals surface area contributed by atoms with Crippen molar-refractivity contribution in [2.75, 3.05) is 20.7 Å². The van der Waals surface area contributed by atoms with Crippen LogP contribution >= 0.6 is 0 Å². The molecule has 0 spiro atoms. The van der Waals surface area contributed by atoms with E-state index >= 15 is 0 Å². The number of amides is 1. The Bertz CT molecular complexity index is 429. The monoisotopic (exact) mass is 247 g/mol. The van der Waals surface area contributed by atoms with Crippen molar-refractivity contribution >= 4 is 5.91 Å². The van der Waals surface area contributed by atoms with Crippen molar-refractivity contribution in [3.63, 3.8) is 0 Å². The van der Waals surface area contributed by atoms with Crippen LogP contribution in [0, 0.1) is 11.3 Å². The maximum Gasteiger partial charge on any atom is 0.229 e. The summed E-state index contributed by atoms with van der Waals surface area (Å²) in [5.41, 5.74) is 0.767. The quantitative estimate of drug-likeness (QED) is 0.882. The highest BCUT2D eigenvalue weighted by atomic mass is 16.3. The zero-order valence-electron chi connectivity index (χ0n) is 11.3. The van der Waals surface area contributed by atoms with E-state index in [9.17, 15) is 9.90 Å². The van der Waals surface area contributed by atoms with Gasteiger partial charge in [0.1, 0.15) is 0 Å². The van der Waals surface area contributed by atoms with Crippen molar-refractivity contribution in [2.24, 2.45) is 11.3 Å². The molecule has 1 fully saturated rings. The van der Waals surface area contributed by atoms with Crippen LogP contribution in [0.15, 0.2) is 30.3 Å². The molecule has 2 rings (SSSR count). The van der Waals surface area contributed by atoms with Gasteiger partial charge in [-0.2, -0.15) is 0 Å². The van der Waals surface area contributed by atoms with Crippen LogP contribution in [-0.4, -0.2) is 36.6 Å². The van der Waals surface area contributed by atoms with Crippen LogP contribution in [0.5, 0.6) is 0 Å². The molecule has 0 aliphatic heterocycles. The molecule has 0 aromatic heterocycles. The predicted molar refractivity (Wildman–Crippen MR) is 71.2 cm³/mol. The summed E-state index contributed by atoms with van der Waals surface area (Å²) in [6.45, 7) is 2.18. The molecule has 1 aromatic carbocycles. The first-order valence-corrected chi connectivity index (χ1v) is 6.41. The van der Waals surface area contributed by atoms with Crippen LogP contribution in [0.1, 0.15) is 24.8 Å². The summed E-state index contributed by atoms with van der Waals surface area (Å²) in [5, 5.41) is 9.40. The third-order valence-electron chi connectivity index (χ3n) is 4.25. The van der Waals surface area contributed by atoms with Crippen molar-refractivity contribution in [3.8, 4) is 0 Å². The topological polar surface area (TPSA) is 40.5 Å². The number of aliphatic hydroxyl groups is 1. The van der Waals surface area contributed by atoms with Crippen LogP contribution in [0.25, 0.3) is 0 Å². The molecule has 1 N–H and O–H groups in total. The van der Waals surface area contributed by atoms with Crippen LogP contribution in [-0.2, 0) is 4.79 Å². The van der Waals surface area contributed by atoms with E-state index < -0.39 is 5.41 Å². The zero-order valence-corrected chi connectivity index (χ0v) is 11.3. The molecule has 0 bridgehead atoms. The lowest BCUT2D eigenvalue weighted by Crippen LogP contribution is -2.36. The molecule has 1 aliphatic rings. The van der Waals surface area contributed by atoms with Gasteiger partial charge in [0.05, 0.1) is 5.41 Å². The number of carbonyl (C=O) groups is 1. The average Bonchev–Trinajstić information content (AvgIpc) is 3.13. The summed E-state index contributed by atoms with van der Waals surface area (Å²) in [7, 11) is 3.57. The molecule has 3 nitrogen and oxygen atoms in total. The largest absolute Gasteiger partial charge is 0.396 e. The van der Waals surface area contributed by atoms with Gasteiger partial charge in [0.2, 0.25) is 5.91 Å². The second kappa shape index (κ2) is 4.73. The van der Waals surface area contributed by atoms with Crippen LogP contribution < -0.4 is 0 Å². The molecular formula is C15H21NO2. The van der Waals surface area contributed by atoms with E-state index in [4.69, 9.17) is 0 Å². The maximum absolute atomic E-state index is 12.4. The van der Waals surface area contributed by atoms with Gasteiger partial charge in [-0.05, 0) is 23.8 Å². The van der Waals surface area contributed by atoms with Crippen molar-refractivity contribution in [2.45, 2.75) is 19.3 Å². The first-order chi connectivity index (χ1) is 8.54. The summed E-state index contributed by atoms with van der Waals surface area (Å²) in [4.78, 5) is 14.1. The number of aliphatic hydroxyl groups excluding tert-OH is 1. The van der Waals surface area contributed by atoms with Crippen LogP contribution in [0.2, 0.25) is 0 Å². The minimum atomic E-state index is -0.403. The zero-order chi connectivity index (χ0) is 13.3. The first kappa shape index (κ1) is 13.1. The number of benzene rings is 1. The number of hydrogen-bond donors (Lipinski definition) is 1. The van der Waals surface area contributed by atoms with E-state index in [2.05, 4.69) is 19.1 Å². The molecule has 0 unspecified atom stereocenters. The fourth-order valence-electron chi connectivity index (χ4n) is 3.01. The lowest BCUT2D eigenvalue weighted by molar-refractivity contribution is -0.136. The lowest BCUT2D eigenvalue weighted by Gasteiger charge is -2.27. The van der Waals surface area contributed by atoms with Crippen molar-refractivity contribution in [1.29, 1.82) is 0 Å². The van der Waals surface area contributed by atoms with E-state index in [-0.39, 0.29) is 24.3 Å². The van der Waals surface area contributed by atoms with E-state index in [1.54, 1.807) is 19.0 Å². The van der Waals surface area contributed by atoms with Crippen LogP contribution in [0.3, 0.4) is 0 Å². The molecule has 1 aliphatic carbocycles. The Balaban J connectivity index is 2.30. The van der Waals surface area contributed by atoms with Gasteiger partial charge in [-0.25, -0.2) is 0 Å².